The third-order valence-electron chi connectivity index (χ3n) is 4.03. The maximum atomic E-state index is 4.95. The average molecular weight is 284 g/mol. The van der Waals surface area contributed by atoms with Gasteiger partial charge in [-0.3, -0.25) is 4.98 Å². The molecule has 2 rings (SSSR count). The van der Waals surface area contributed by atoms with Gasteiger partial charge in [-0.25, -0.2) is 0 Å². The van der Waals surface area contributed by atoms with E-state index in [1.54, 1.807) is 0 Å². The van der Waals surface area contributed by atoms with E-state index in [-0.39, 0.29) is 0 Å². The molecule has 114 valence electrons. The van der Waals surface area contributed by atoms with Crippen LogP contribution >= 0.6 is 0 Å². The molecule has 0 unspecified atom stereocenters. The summed E-state index contributed by atoms with van der Waals surface area (Å²) in [4.78, 5) is 4.95. The molecule has 1 aromatic heterocycles. The van der Waals surface area contributed by atoms with Gasteiger partial charge >= 0.3 is 0 Å². The molecule has 0 aliphatic carbocycles. The molecule has 1 aromatic carbocycles. The van der Waals surface area contributed by atoms with Gasteiger partial charge in [-0.15, -0.1) is 0 Å². The van der Waals surface area contributed by atoms with Crippen molar-refractivity contribution in [1.82, 2.24) is 4.98 Å². The standard InChI is InChI=1S/C19H28N2/c1-7-11-20-19-16-10-8-9-15(12(2)3)18(16)21-14(6)17(19)13(4)5/h8-10,12-13H,7,11H2,1-6H3,(H,20,21). The van der Waals surface area contributed by atoms with Crippen molar-refractivity contribution in [3.05, 3.63) is 35.0 Å². The van der Waals surface area contributed by atoms with E-state index in [9.17, 15) is 0 Å². The van der Waals surface area contributed by atoms with Crippen LogP contribution in [-0.4, -0.2) is 11.5 Å². The van der Waals surface area contributed by atoms with Gasteiger partial charge in [0.05, 0.1) is 5.52 Å². The van der Waals surface area contributed by atoms with E-state index in [4.69, 9.17) is 4.98 Å². The Morgan fingerprint density at radius 2 is 1.81 bits per heavy atom. The summed E-state index contributed by atoms with van der Waals surface area (Å²) in [6.07, 6.45) is 1.13. The molecule has 1 N–H and O–H groups in total. The Bertz CT molecular complexity index is 627. The Balaban J connectivity index is 2.78. The number of benzene rings is 1. The van der Waals surface area contributed by atoms with Gasteiger partial charge in [0.2, 0.25) is 0 Å². The highest BCUT2D eigenvalue weighted by atomic mass is 14.9. The third-order valence-corrected chi connectivity index (χ3v) is 4.03. The highest BCUT2D eigenvalue weighted by molar-refractivity contribution is 5.95. The fourth-order valence-electron chi connectivity index (χ4n) is 3.05. The number of anilines is 1. The van der Waals surface area contributed by atoms with Crippen LogP contribution in [-0.2, 0) is 0 Å². The van der Waals surface area contributed by atoms with Crippen molar-refractivity contribution in [2.24, 2.45) is 0 Å². The number of nitrogens with one attached hydrogen (secondary N) is 1. The number of pyridine rings is 1. The van der Waals surface area contributed by atoms with Crippen LogP contribution in [0.25, 0.3) is 10.9 Å². The van der Waals surface area contributed by atoms with Gasteiger partial charge in [0.15, 0.2) is 0 Å². The van der Waals surface area contributed by atoms with Gasteiger partial charge in [0, 0.05) is 23.3 Å². The lowest BCUT2D eigenvalue weighted by Crippen LogP contribution is -2.09. The largest absolute Gasteiger partial charge is 0.384 e. The van der Waals surface area contributed by atoms with Crippen molar-refractivity contribution in [3.8, 4) is 0 Å². The smallest absolute Gasteiger partial charge is 0.0760 e. The van der Waals surface area contributed by atoms with Crippen LogP contribution in [0.2, 0.25) is 0 Å². The summed E-state index contributed by atoms with van der Waals surface area (Å²) in [6.45, 7) is 14.3. The fraction of sp³-hybridized carbons (Fsp3) is 0.526. The van der Waals surface area contributed by atoms with Gasteiger partial charge in [-0.1, -0.05) is 52.8 Å². The number of para-hydroxylation sites is 1. The van der Waals surface area contributed by atoms with Crippen LogP contribution in [0.5, 0.6) is 0 Å². The van der Waals surface area contributed by atoms with Crippen molar-refractivity contribution in [2.45, 2.75) is 59.8 Å². The Labute approximate surface area is 129 Å². The van der Waals surface area contributed by atoms with Crippen LogP contribution in [0.3, 0.4) is 0 Å². The molecular weight excluding hydrogens is 256 g/mol. The molecule has 0 atom stereocenters. The number of hydrogen-bond donors (Lipinski definition) is 1. The second-order valence-electron chi connectivity index (χ2n) is 6.47. The second-order valence-corrected chi connectivity index (χ2v) is 6.47. The molecular formula is C19H28N2. The van der Waals surface area contributed by atoms with Crippen LogP contribution in [0.1, 0.15) is 69.7 Å². The number of nitrogens with zero attached hydrogens (tertiary/aromatic N) is 1. The first kappa shape index (κ1) is 15.8. The zero-order chi connectivity index (χ0) is 15.6. The Hall–Kier alpha value is -1.57. The SMILES string of the molecule is CCCNc1c(C(C)C)c(C)nc2c(C(C)C)cccc12. The van der Waals surface area contributed by atoms with Gasteiger partial charge in [0.25, 0.3) is 0 Å². The van der Waals surface area contributed by atoms with Crippen LogP contribution < -0.4 is 5.32 Å². The highest BCUT2D eigenvalue weighted by Gasteiger charge is 2.17. The molecule has 0 amide bonds. The lowest BCUT2D eigenvalue weighted by atomic mass is 9.93. The average Bonchev–Trinajstić information content (AvgIpc) is 2.42. The first-order chi connectivity index (χ1) is 9.97. The molecule has 0 fully saturated rings. The minimum absolute atomic E-state index is 0.476. The number of hydrogen-bond acceptors (Lipinski definition) is 2. The number of rotatable bonds is 5. The predicted molar refractivity (Wildman–Crippen MR) is 93.4 cm³/mol. The summed E-state index contributed by atoms with van der Waals surface area (Å²) < 4.78 is 0. The molecule has 21 heavy (non-hydrogen) atoms. The molecule has 1 heterocycles. The van der Waals surface area contributed by atoms with Gasteiger partial charge in [-0.2, -0.15) is 0 Å². The predicted octanol–water partition coefficient (Wildman–Crippen LogP) is 5.61. The summed E-state index contributed by atoms with van der Waals surface area (Å²) in [5.74, 6) is 0.966. The summed E-state index contributed by atoms with van der Waals surface area (Å²) in [5, 5.41) is 4.92. The highest BCUT2D eigenvalue weighted by Crippen LogP contribution is 2.36. The molecule has 0 bridgehead atoms. The molecule has 0 aliphatic heterocycles. The van der Waals surface area contributed by atoms with E-state index in [1.807, 2.05) is 0 Å². The Morgan fingerprint density at radius 3 is 2.38 bits per heavy atom. The zero-order valence-corrected chi connectivity index (χ0v) is 14.2. The normalized spacial score (nSPS) is 11.6. The molecule has 2 nitrogen and oxygen atoms in total. The summed E-state index contributed by atoms with van der Waals surface area (Å²) in [7, 11) is 0. The quantitative estimate of drug-likeness (QED) is 0.771. The fourth-order valence-corrected chi connectivity index (χ4v) is 3.05. The molecule has 2 heteroatoms. The first-order valence-corrected chi connectivity index (χ1v) is 8.14. The van der Waals surface area contributed by atoms with E-state index < -0.39 is 0 Å². The molecule has 0 radical (unpaired) electrons. The van der Waals surface area contributed by atoms with E-state index >= 15 is 0 Å². The summed E-state index contributed by atoms with van der Waals surface area (Å²) in [5.41, 5.74) is 6.30. The topological polar surface area (TPSA) is 24.9 Å². The Morgan fingerprint density at radius 1 is 1.10 bits per heavy atom. The van der Waals surface area contributed by atoms with Crippen LogP contribution in [0, 0.1) is 6.92 Å². The second kappa shape index (κ2) is 6.46. The maximum Gasteiger partial charge on any atom is 0.0760 e. The minimum Gasteiger partial charge on any atom is -0.384 e. The van der Waals surface area contributed by atoms with Gasteiger partial charge in [0.1, 0.15) is 0 Å². The van der Waals surface area contributed by atoms with Gasteiger partial charge in [-0.05, 0) is 36.3 Å². The van der Waals surface area contributed by atoms with E-state index in [0.29, 0.717) is 11.8 Å². The summed E-state index contributed by atoms with van der Waals surface area (Å²) >= 11 is 0. The lowest BCUT2D eigenvalue weighted by Gasteiger charge is -2.21. The molecule has 0 saturated carbocycles. The van der Waals surface area contributed by atoms with Gasteiger partial charge < -0.3 is 5.32 Å². The van der Waals surface area contributed by atoms with Crippen molar-refractivity contribution in [1.29, 1.82) is 0 Å². The minimum atomic E-state index is 0.476. The van der Waals surface area contributed by atoms with Crippen molar-refractivity contribution in [3.63, 3.8) is 0 Å². The monoisotopic (exact) mass is 284 g/mol. The van der Waals surface area contributed by atoms with Crippen molar-refractivity contribution in [2.75, 3.05) is 11.9 Å². The number of aryl methyl sites for hydroxylation is 1. The molecule has 0 aliphatic rings. The van der Waals surface area contributed by atoms with Crippen molar-refractivity contribution >= 4 is 16.6 Å². The van der Waals surface area contributed by atoms with Crippen LogP contribution in [0.4, 0.5) is 5.69 Å². The third kappa shape index (κ3) is 3.04. The molecule has 0 saturated heterocycles. The van der Waals surface area contributed by atoms with E-state index in [2.05, 4.69) is 65.1 Å². The molecule has 2 aromatic rings. The number of aromatic nitrogens is 1. The first-order valence-electron chi connectivity index (χ1n) is 8.14. The van der Waals surface area contributed by atoms with E-state index in [0.717, 1.165) is 24.2 Å². The van der Waals surface area contributed by atoms with Crippen molar-refractivity contribution < 1.29 is 0 Å². The van der Waals surface area contributed by atoms with Crippen LogP contribution in [0.15, 0.2) is 18.2 Å². The molecule has 0 spiro atoms. The summed E-state index contributed by atoms with van der Waals surface area (Å²) in [6, 6.07) is 6.57. The Kier molecular flexibility index (Phi) is 4.87. The maximum absolute atomic E-state index is 4.95. The number of fused-ring (bicyclic) bond motifs is 1. The van der Waals surface area contributed by atoms with E-state index in [1.165, 1.54) is 22.2 Å². The lowest BCUT2D eigenvalue weighted by molar-refractivity contribution is 0.840. The zero-order valence-electron chi connectivity index (χ0n) is 14.2.